The first-order chi connectivity index (χ1) is 12.9. The lowest BCUT2D eigenvalue weighted by Crippen LogP contribution is -2.30. The molecule has 140 valence electrons. The summed E-state index contributed by atoms with van der Waals surface area (Å²) in [5.41, 5.74) is 1.40. The summed E-state index contributed by atoms with van der Waals surface area (Å²) in [6.45, 7) is 3.35. The van der Waals surface area contributed by atoms with E-state index in [1.807, 2.05) is 18.2 Å². The number of carbonyl (C=O) groups excluding carboxylic acids is 1. The minimum absolute atomic E-state index is 0.0661. The van der Waals surface area contributed by atoms with Crippen LogP contribution in [-0.4, -0.2) is 23.1 Å². The van der Waals surface area contributed by atoms with Gasteiger partial charge in [0, 0.05) is 5.69 Å². The molecule has 2 unspecified atom stereocenters. The van der Waals surface area contributed by atoms with E-state index in [4.69, 9.17) is 9.84 Å². The van der Waals surface area contributed by atoms with E-state index in [0.29, 0.717) is 11.4 Å². The summed E-state index contributed by atoms with van der Waals surface area (Å²) < 4.78 is 6.45. The van der Waals surface area contributed by atoms with E-state index in [9.17, 15) is 9.59 Å². The second-order valence-corrected chi connectivity index (χ2v) is 6.70. The fourth-order valence-electron chi connectivity index (χ4n) is 2.43. The van der Waals surface area contributed by atoms with Gasteiger partial charge in [-0.1, -0.05) is 30.2 Å². The molecule has 2 rings (SSSR count). The zero-order valence-corrected chi connectivity index (χ0v) is 16.6. The molecule has 0 aromatic heterocycles. The van der Waals surface area contributed by atoms with Crippen LogP contribution in [-0.2, 0) is 9.59 Å². The van der Waals surface area contributed by atoms with Gasteiger partial charge in [-0.3, -0.25) is 9.59 Å². The molecule has 0 bridgehead atoms. The van der Waals surface area contributed by atoms with E-state index < -0.39 is 12.1 Å². The van der Waals surface area contributed by atoms with E-state index in [-0.39, 0.29) is 18.2 Å². The predicted octanol–water partition coefficient (Wildman–Crippen LogP) is 4.44. The monoisotopic (exact) mass is 429 g/mol. The number of anilines is 1. The second kappa shape index (κ2) is 9.79. The van der Waals surface area contributed by atoms with Gasteiger partial charge in [0.15, 0.2) is 6.10 Å². The number of hydrogen-bond acceptors (Lipinski definition) is 3. The average Bonchev–Trinajstić information content (AvgIpc) is 2.63. The summed E-state index contributed by atoms with van der Waals surface area (Å²) >= 11 is 3.38. The summed E-state index contributed by atoms with van der Waals surface area (Å²) in [4.78, 5) is 23.3. The molecule has 27 heavy (non-hydrogen) atoms. The molecular weight excluding hydrogens is 410 g/mol. The molecule has 0 fully saturated rings. The van der Waals surface area contributed by atoms with Crippen molar-refractivity contribution >= 4 is 33.5 Å². The average molecular weight is 430 g/mol. The maximum atomic E-state index is 12.3. The fourth-order valence-corrected chi connectivity index (χ4v) is 2.81. The van der Waals surface area contributed by atoms with Crippen molar-refractivity contribution in [2.75, 3.05) is 5.32 Å². The quantitative estimate of drug-likeness (QED) is 0.637. The molecule has 0 heterocycles. The predicted molar refractivity (Wildman–Crippen MR) is 108 cm³/mol. The van der Waals surface area contributed by atoms with Crippen molar-refractivity contribution in [3.8, 4) is 17.6 Å². The zero-order chi connectivity index (χ0) is 19.8. The van der Waals surface area contributed by atoms with Crippen LogP contribution in [0.15, 0.2) is 53.0 Å². The molecule has 0 saturated heterocycles. The Labute approximate surface area is 166 Å². The standard InChI is InChI=1S/C21H20BrNO4/c1-3-6-16(13-20(24)25)15-9-11-17(12-10-15)23-21(26)14(2)27-19-8-5-4-7-18(19)22/h4-5,7-12,14,16H,13H2,1-2H3,(H,23,26)(H,24,25). The van der Waals surface area contributed by atoms with E-state index in [2.05, 4.69) is 33.1 Å². The van der Waals surface area contributed by atoms with E-state index >= 15 is 0 Å². The number of para-hydroxylation sites is 1. The molecule has 2 atom stereocenters. The number of aliphatic carboxylic acids is 1. The van der Waals surface area contributed by atoms with Gasteiger partial charge in [0.25, 0.3) is 5.91 Å². The summed E-state index contributed by atoms with van der Waals surface area (Å²) in [6, 6.07) is 14.3. The van der Waals surface area contributed by atoms with Crippen LogP contribution < -0.4 is 10.1 Å². The molecule has 2 aromatic carbocycles. The highest BCUT2D eigenvalue weighted by molar-refractivity contribution is 9.10. The third kappa shape index (κ3) is 6.15. The van der Waals surface area contributed by atoms with E-state index in [1.165, 1.54) is 0 Å². The molecule has 0 radical (unpaired) electrons. The summed E-state index contributed by atoms with van der Waals surface area (Å²) in [6.07, 6.45) is -0.752. The Morgan fingerprint density at radius 3 is 2.44 bits per heavy atom. The van der Waals surface area contributed by atoms with Crippen LogP contribution in [0, 0.1) is 11.8 Å². The first-order valence-electron chi connectivity index (χ1n) is 8.36. The SMILES string of the molecule is CC#CC(CC(=O)O)c1ccc(NC(=O)C(C)Oc2ccccc2Br)cc1. The molecule has 2 aromatic rings. The maximum Gasteiger partial charge on any atom is 0.304 e. The molecule has 6 heteroatoms. The lowest BCUT2D eigenvalue weighted by molar-refractivity contribution is -0.137. The van der Waals surface area contributed by atoms with Crippen molar-refractivity contribution in [2.24, 2.45) is 0 Å². The van der Waals surface area contributed by atoms with Gasteiger partial charge in [-0.05, 0) is 59.6 Å². The van der Waals surface area contributed by atoms with Crippen LogP contribution in [0.1, 0.15) is 31.7 Å². The molecule has 0 saturated carbocycles. The Hall–Kier alpha value is -2.78. The lowest BCUT2D eigenvalue weighted by Gasteiger charge is -2.16. The molecule has 0 spiro atoms. The van der Waals surface area contributed by atoms with Gasteiger partial charge in [-0.2, -0.15) is 0 Å². The fraction of sp³-hybridized carbons (Fsp3) is 0.238. The van der Waals surface area contributed by atoms with Gasteiger partial charge in [-0.25, -0.2) is 0 Å². The van der Waals surface area contributed by atoms with E-state index in [1.54, 1.807) is 44.2 Å². The van der Waals surface area contributed by atoms with Gasteiger partial charge in [0.1, 0.15) is 5.75 Å². The number of nitrogens with one attached hydrogen (secondary N) is 1. The van der Waals surface area contributed by atoms with Gasteiger partial charge in [-0.15, -0.1) is 5.92 Å². The molecule has 5 nitrogen and oxygen atoms in total. The van der Waals surface area contributed by atoms with Gasteiger partial charge >= 0.3 is 5.97 Å². The highest BCUT2D eigenvalue weighted by atomic mass is 79.9. The molecule has 0 aliphatic rings. The minimum atomic E-state index is -0.904. The van der Waals surface area contributed by atoms with Crippen molar-refractivity contribution in [3.63, 3.8) is 0 Å². The van der Waals surface area contributed by atoms with Gasteiger partial charge in [0.05, 0.1) is 16.8 Å². The van der Waals surface area contributed by atoms with E-state index in [0.717, 1.165) is 10.0 Å². The number of carboxylic acid groups (broad SMARTS) is 1. The van der Waals surface area contributed by atoms with Crippen LogP contribution in [0.2, 0.25) is 0 Å². The maximum absolute atomic E-state index is 12.3. The highest BCUT2D eigenvalue weighted by Gasteiger charge is 2.17. The Morgan fingerprint density at radius 2 is 1.85 bits per heavy atom. The van der Waals surface area contributed by atoms with Crippen molar-refractivity contribution < 1.29 is 19.4 Å². The first-order valence-corrected chi connectivity index (χ1v) is 9.16. The van der Waals surface area contributed by atoms with Crippen molar-refractivity contribution in [1.82, 2.24) is 0 Å². The number of benzene rings is 2. The van der Waals surface area contributed by atoms with Crippen molar-refractivity contribution in [2.45, 2.75) is 32.3 Å². The smallest absolute Gasteiger partial charge is 0.304 e. The van der Waals surface area contributed by atoms with Gasteiger partial charge < -0.3 is 15.2 Å². The third-order valence-electron chi connectivity index (χ3n) is 3.79. The number of carboxylic acids is 1. The minimum Gasteiger partial charge on any atom is -0.481 e. The number of halogens is 1. The number of rotatable bonds is 7. The first kappa shape index (κ1) is 20.5. The zero-order valence-electron chi connectivity index (χ0n) is 15.0. The van der Waals surface area contributed by atoms with Crippen molar-refractivity contribution in [1.29, 1.82) is 0 Å². The van der Waals surface area contributed by atoms with Crippen LogP contribution in [0.3, 0.4) is 0 Å². The number of carbonyl (C=O) groups is 2. The Morgan fingerprint density at radius 1 is 1.19 bits per heavy atom. The van der Waals surface area contributed by atoms with Crippen LogP contribution in [0.4, 0.5) is 5.69 Å². The third-order valence-corrected chi connectivity index (χ3v) is 4.44. The van der Waals surface area contributed by atoms with Crippen LogP contribution >= 0.6 is 15.9 Å². The normalized spacial score (nSPS) is 12.3. The van der Waals surface area contributed by atoms with Gasteiger partial charge in [0.2, 0.25) is 0 Å². The Balaban J connectivity index is 2.02. The Kier molecular flexibility index (Phi) is 7.44. The number of amides is 1. The summed E-state index contributed by atoms with van der Waals surface area (Å²) in [5.74, 6) is 4.68. The number of ether oxygens (including phenoxy) is 1. The topological polar surface area (TPSA) is 75.6 Å². The van der Waals surface area contributed by atoms with Crippen LogP contribution in [0.5, 0.6) is 5.75 Å². The van der Waals surface area contributed by atoms with Crippen molar-refractivity contribution in [3.05, 3.63) is 58.6 Å². The van der Waals surface area contributed by atoms with Crippen LogP contribution in [0.25, 0.3) is 0 Å². The molecule has 0 aliphatic carbocycles. The molecular formula is C21H20BrNO4. The second-order valence-electron chi connectivity index (χ2n) is 5.85. The molecule has 2 N–H and O–H groups in total. The summed E-state index contributed by atoms with van der Waals surface area (Å²) in [5, 5.41) is 11.8. The lowest BCUT2D eigenvalue weighted by atomic mass is 9.96. The summed E-state index contributed by atoms with van der Waals surface area (Å²) in [7, 11) is 0. The molecule has 0 aliphatic heterocycles. The largest absolute Gasteiger partial charge is 0.481 e. The highest BCUT2D eigenvalue weighted by Crippen LogP contribution is 2.25. The number of hydrogen-bond donors (Lipinski definition) is 2. The molecule has 1 amide bonds. The Bertz CT molecular complexity index is 868.